The van der Waals surface area contributed by atoms with Crippen molar-refractivity contribution in [2.75, 3.05) is 6.61 Å². The van der Waals surface area contributed by atoms with Gasteiger partial charge in [-0.25, -0.2) is 0 Å². The highest BCUT2D eigenvalue weighted by Crippen LogP contribution is 2.21. The molecule has 0 aromatic carbocycles. The first-order chi connectivity index (χ1) is 7.51. The van der Waals surface area contributed by atoms with Crippen molar-refractivity contribution in [3.63, 3.8) is 0 Å². The molecule has 0 fully saturated rings. The molecular formula is C9H11F3N2O2. The second-order valence-corrected chi connectivity index (χ2v) is 3.09. The molecule has 7 heteroatoms. The molecule has 1 aromatic heterocycles. The third-order valence-electron chi connectivity index (χ3n) is 1.71. The van der Waals surface area contributed by atoms with E-state index in [0.717, 1.165) is 0 Å². The number of halogens is 3. The summed E-state index contributed by atoms with van der Waals surface area (Å²) in [5.41, 5.74) is 0.377. The lowest BCUT2D eigenvalue weighted by atomic mass is 10.3. The van der Waals surface area contributed by atoms with Crippen LogP contribution in [-0.4, -0.2) is 28.1 Å². The van der Waals surface area contributed by atoms with E-state index >= 15 is 0 Å². The highest BCUT2D eigenvalue weighted by Gasteiger charge is 2.26. The van der Waals surface area contributed by atoms with E-state index in [4.69, 9.17) is 9.84 Å². The van der Waals surface area contributed by atoms with Crippen LogP contribution in [0, 0.1) is 0 Å². The Morgan fingerprint density at radius 2 is 2.00 bits per heavy atom. The number of alkyl halides is 3. The van der Waals surface area contributed by atoms with Gasteiger partial charge in [-0.15, -0.1) is 10.2 Å². The van der Waals surface area contributed by atoms with Gasteiger partial charge in [0.05, 0.1) is 18.9 Å². The molecular weight excluding hydrogens is 225 g/mol. The van der Waals surface area contributed by atoms with Gasteiger partial charge in [-0.3, -0.25) is 0 Å². The summed E-state index contributed by atoms with van der Waals surface area (Å²) in [6, 6.07) is 2.94. The summed E-state index contributed by atoms with van der Waals surface area (Å²) in [5.74, 6) is 0.152. The van der Waals surface area contributed by atoms with Crippen molar-refractivity contribution < 1.29 is 23.0 Å². The number of aromatic nitrogens is 2. The molecule has 0 atom stereocenters. The fraction of sp³-hybridized carbons (Fsp3) is 0.556. The zero-order valence-corrected chi connectivity index (χ0v) is 8.37. The Balaban J connectivity index is 2.27. The highest BCUT2D eigenvalue weighted by molar-refractivity contribution is 5.10. The van der Waals surface area contributed by atoms with E-state index in [0.29, 0.717) is 5.69 Å². The number of aliphatic hydroxyl groups is 1. The maximum Gasteiger partial charge on any atom is 0.389 e. The summed E-state index contributed by atoms with van der Waals surface area (Å²) in [4.78, 5) is 0. The lowest BCUT2D eigenvalue weighted by molar-refractivity contribution is -0.136. The fourth-order valence-corrected chi connectivity index (χ4v) is 0.958. The Morgan fingerprint density at radius 1 is 1.25 bits per heavy atom. The molecule has 0 aliphatic heterocycles. The van der Waals surface area contributed by atoms with E-state index in [1.54, 1.807) is 0 Å². The van der Waals surface area contributed by atoms with Gasteiger partial charge >= 0.3 is 6.18 Å². The van der Waals surface area contributed by atoms with Crippen LogP contribution in [0.4, 0.5) is 13.2 Å². The first-order valence-electron chi connectivity index (χ1n) is 4.64. The first-order valence-corrected chi connectivity index (χ1v) is 4.64. The zero-order chi connectivity index (χ0) is 12.0. The van der Waals surface area contributed by atoms with Crippen molar-refractivity contribution in [1.29, 1.82) is 0 Å². The molecule has 1 aromatic rings. The normalized spacial score (nSPS) is 11.5. The molecule has 1 rings (SSSR count). The Labute approximate surface area is 90.1 Å². The molecule has 0 saturated carbocycles. The molecule has 0 spiro atoms. The third-order valence-corrected chi connectivity index (χ3v) is 1.71. The van der Waals surface area contributed by atoms with E-state index in [9.17, 15) is 13.2 Å². The molecule has 0 saturated heterocycles. The van der Waals surface area contributed by atoms with E-state index in [-0.39, 0.29) is 25.5 Å². The second kappa shape index (κ2) is 5.64. The van der Waals surface area contributed by atoms with Gasteiger partial charge < -0.3 is 9.84 Å². The van der Waals surface area contributed by atoms with Gasteiger partial charge in [-0.2, -0.15) is 13.2 Å². The van der Waals surface area contributed by atoms with Gasteiger partial charge in [-0.1, -0.05) is 0 Å². The number of nitrogens with zero attached hydrogens (tertiary/aromatic N) is 2. The van der Waals surface area contributed by atoms with Crippen LogP contribution in [0.15, 0.2) is 12.1 Å². The smallest absolute Gasteiger partial charge is 0.389 e. The van der Waals surface area contributed by atoms with Crippen LogP contribution in [0.2, 0.25) is 0 Å². The maximum atomic E-state index is 11.8. The van der Waals surface area contributed by atoms with Crippen LogP contribution in [-0.2, 0) is 6.61 Å². The Morgan fingerprint density at radius 3 is 2.50 bits per heavy atom. The number of hydrogen-bond acceptors (Lipinski definition) is 4. The molecule has 0 radical (unpaired) electrons. The van der Waals surface area contributed by atoms with Crippen LogP contribution >= 0.6 is 0 Å². The second-order valence-electron chi connectivity index (χ2n) is 3.09. The first kappa shape index (κ1) is 12.7. The maximum absolute atomic E-state index is 11.8. The summed E-state index contributed by atoms with van der Waals surface area (Å²) in [6.07, 6.45) is -5.15. The predicted octanol–water partition coefficient (Wildman–Crippen LogP) is 1.69. The summed E-state index contributed by atoms with van der Waals surface area (Å²) in [7, 11) is 0. The van der Waals surface area contributed by atoms with Crippen molar-refractivity contribution in [2.45, 2.75) is 25.6 Å². The van der Waals surface area contributed by atoms with Crippen molar-refractivity contribution >= 4 is 0 Å². The van der Waals surface area contributed by atoms with E-state index < -0.39 is 12.6 Å². The van der Waals surface area contributed by atoms with E-state index in [1.165, 1.54) is 12.1 Å². The fourth-order valence-electron chi connectivity index (χ4n) is 0.958. The molecule has 0 bridgehead atoms. The van der Waals surface area contributed by atoms with Crippen LogP contribution in [0.3, 0.4) is 0 Å². The van der Waals surface area contributed by atoms with Crippen molar-refractivity contribution in [2.24, 2.45) is 0 Å². The largest absolute Gasteiger partial charge is 0.477 e. The SMILES string of the molecule is OCc1ccc(OCCCC(F)(F)F)nn1. The Hall–Kier alpha value is -1.37. The van der Waals surface area contributed by atoms with Crippen LogP contribution in [0.25, 0.3) is 0 Å². The Bertz CT molecular complexity index is 314. The van der Waals surface area contributed by atoms with Crippen molar-refractivity contribution in [3.05, 3.63) is 17.8 Å². The molecule has 4 nitrogen and oxygen atoms in total. The highest BCUT2D eigenvalue weighted by atomic mass is 19.4. The number of hydrogen-bond donors (Lipinski definition) is 1. The summed E-state index contributed by atoms with van der Waals surface area (Å²) < 4.78 is 40.3. The molecule has 1 N–H and O–H groups in total. The zero-order valence-electron chi connectivity index (χ0n) is 8.37. The van der Waals surface area contributed by atoms with Crippen LogP contribution in [0.5, 0.6) is 5.88 Å². The molecule has 0 aliphatic rings. The standard InChI is InChI=1S/C9H11F3N2O2/c10-9(11,12)4-1-5-16-8-3-2-7(6-15)13-14-8/h2-3,15H,1,4-6H2. The molecule has 90 valence electrons. The minimum atomic E-state index is -4.16. The van der Waals surface area contributed by atoms with Gasteiger partial charge in [0, 0.05) is 12.5 Å². The average molecular weight is 236 g/mol. The lowest BCUT2D eigenvalue weighted by Crippen LogP contribution is -2.10. The summed E-state index contributed by atoms with van der Waals surface area (Å²) in [5, 5.41) is 15.8. The van der Waals surface area contributed by atoms with Gasteiger partial charge in [0.25, 0.3) is 0 Å². The van der Waals surface area contributed by atoms with E-state index in [2.05, 4.69) is 10.2 Å². The quantitative estimate of drug-likeness (QED) is 0.790. The van der Waals surface area contributed by atoms with E-state index in [1.807, 2.05) is 0 Å². The van der Waals surface area contributed by atoms with Crippen LogP contribution < -0.4 is 4.74 Å². The van der Waals surface area contributed by atoms with Gasteiger partial charge in [0.1, 0.15) is 0 Å². The average Bonchev–Trinajstić information content (AvgIpc) is 2.24. The molecule has 0 amide bonds. The molecule has 0 unspecified atom stereocenters. The summed E-state index contributed by atoms with van der Waals surface area (Å²) >= 11 is 0. The minimum absolute atomic E-state index is 0.0628. The minimum Gasteiger partial charge on any atom is -0.477 e. The summed E-state index contributed by atoms with van der Waals surface area (Å²) in [6.45, 7) is -0.298. The number of aliphatic hydroxyl groups excluding tert-OH is 1. The molecule has 16 heavy (non-hydrogen) atoms. The Kier molecular flexibility index (Phi) is 4.48. The van der Waals surface area contributed by atoms with Crippen molar-refractivity contribution in [3.8, 4) is 5.88 Å². The van der Waals surface area contributed by atoms with Crippen LogP contribution in [0.1, 0.15) is 18.5 Å². The van der Waals surface area contributed by atoms with Gasteiger partial charge in [0.2, 0.25) is 5.88 Å². The predicted molar refractivity (Wildman–Crippen MR) is 48.7 cm³/mol. The molecule has 1 heterocycles. The lowest BCUT2D eigenvalue weighted by Gasteiger charge is -2.07. The van der Waals surface area contributed by atoms with Gasteiger partial charge in [0.15, 0.2) is 0 Å². The third kappa shape index (κ3) is 4.92. The number of ether oxygens (including phenoxy) is 1. The van der Waals surface area contributed by atoms with Gasteiger partial charge in [-0.05, 0) is 12.5 Å². The number of rotatable bonds is 5. The molecule has 0 aliphatic carbocycles. The van der Waals surface area contributed by atoms with Crippen molar-refractivity contribution in [1.82, 2.24) is 10.2 Å². The monoisotopic (exact) mass is 236 g/mol. The topological polar surface area (TPSA) is 55.2 Å².